The number of aliphatic hydroxyl groups excluding tert-OH is 1. The molecule has 1 aliphatic rings. The fraction of sp³-hybridized carbons (Fsp3) is 0.280. The third-order valence-corrected chi connectivity index (χ3v) is 7.02. The second-order valence-electron chi connectivity index (χ2n) is 8.44. The van der Waals surface area contributed by atoms with Crippen LogP contribution in [0.5, 0.6) is 0 Å². The molecule has 0 aliphatic carbocycles. The van der Waals surface area contributed by atoms with Crippen molar-refractivity contribution in [2.24, 2.45) is 0 Å². The van der Waals surface area contributed by atoms with Gasteiger partial charge in [0.15, 0.2) is 6.10 Å². The summed E-state index contributed by atoms with van der Waals surface area (Å²) in [6.07, 6.45) is -5.12. The molecule has 1 unspecified atom stereocenters. The van der Waals surface area contributed by atoms with E-state index in [9.17, 15) is 32.7 Å². The van der Waals surface area contributed by atoms with Crippen LogP contribution in [0.15, 0.2) is 60.0 Å². The summed E-state index contributed by atoms with van der Waals surface area (Å²) in [7, 11) is 0. The van der Waals surface area contributed by atoms with E-state index in [2.05, 4.69) is 15.8 Å². The number of thiazole rings is 1. The van der Waals surface area contributed by atoms with Crippen LogP contribution in [0.4, 0.5) is 13.2 Å². The highest BCUT2D eigenvalue weighted by molar-refractivity contribution is 7.09. The van der Waals surface area contributed by atoms with E-state index in [1.54, 1.807) is 30.3 Å². The fourth-order valence-corrected chi connectivity index (χ4v) is 5.00. The van der Waals surface area contributed by atoms with Crippen LogP contribution in [0.3, 0.4) is 0 Å². The molecule has 37 heavy (non-hydrogen) atoms. The summed E-state index contributed by atoms with van der Waals surface area (Å²) in [5, 5.41) is 12.3. The minimum Gasteiger partial charge on any atom is -0.378 e. The second kappa shape index (κ2) is 11.1. The SMILES string of the molecule is O=C(NNC(=O)C(O)c1ccccc1)c1csc(C2CCN(C(=O)c3ccccc3C(F)(F)F)CC2)n1. The minimum atomic E-state index is -4.62. The summed E-state index contributed by atoms with van der Waals surface area (Å²) in [5.74, 6) is -2.20. The molecule has 1 atom stereocenters. The smallest absolute Gasteiger partial charge is 0.378 e. The number of nitrogens with one attached hydrogen (secondary N) is 2. The number of hydrogen-bond donors (Lipinski definition) is 3. The molecule has 8 nitrogen and oxygen atoms in total. The fourth-order valence-electron chi connectivity index (χ4n) is 4.03. The van der Waals surface area contributed by atoms with Crippen molar-refractivity contribution in [1.82, 2.24) is 20.7 Å². The van der Waals surface area contributed by atoms with Crippen LogP contribution in [0.25, 0.3) is 0 Å². The summed E-state index contributed by atoms with van der Waals surface area (Å²) in [4.78, 5) is 43.0. The average Bonchev–Trinajstić information content (AvgIpc) is 3.41. The highest BCUT2D eigenvalue weighted by Gasteiger charge is 2.36. The Bertz CT molecular complexity index is 1270. The number of aromatic nitrogens is 1. The molecule has 12 heteroatoms. The third kappa shape index (κ3) is 6.15. The van der Waals surface area contributed by atoms with Crippen molar-refractivity contribution in [1.29, 1.82) is 0 Å². The molecule has 3 N–H and O–H groups in total. The number of benzene rings is 2. The summed E-state index contributed by atoms with van der Waals surface area (Å²) in [5.41, 5.74) is 3.51. The largest absolute Gasteiger partial charge is 0.417 e. The number of alkyl halides is 3. The summed E-state index contributed by atoms with van der Waals surface area (Å²) in [6, 6.07) is 13.0. The number of hydrazine groups is 1. The topological polar surface area (TPSA) is 112 Å². The van der Waals surface area contributed by atoms with Gasteiger partial charge in [0, 0.05) is 24.4 Å². The van der Waals surface area contributed by atoms with Crippen molar-refractivity contribution >= 4 is 29.1 Å². The highest BCUT2D eigenvalue weighted by atomic mass is 32.1. The molecule has 0 radical (unpaired) electrons. The highest BCUT2D eigenvalue weighted by Crippen LogP contribution is 2.34. The molecular weight excluding hydrogens is 509 g/mol. The number of aliphatic hydroxyl groups is 1. The number of carbonyl (C=O) groups excluding carboxylic acids is 3. The molecule has 0 bridgehead atoms. The Labute approximate surface area is 214 Å². The van der Waals surface area contributed by atoms with Gasteiger partial charge in [0.1, 0.15) is 5.69 Å². The van der Waals surface area contributed by atoms with Gasteiger partial charge in [0.2, 0.25) is 0 Å². The number of carbonyl (C=O) groups is 3. The van der Waals surface area contributed by atoms with Crippen molar-refractivity contribution in [2.75, 3.05) is 13.1 Å². The molecule has 3 amide bonds. The van der Waals surface area contributed by atoms with Crippen LogP contribution in [0.2, 0.25) is 0 Å². The summed E-state index contributed by atoms with van der Waals surface area (Å²) in [6.45, 7) is 0.508. The second-order valence-corrected chi connectivity index (χ2v) is 9.33. The lowest BCUT2D eigenvalue weighted by Crippen LogP contribution is -2.44. The van der Waals surface area contributed by atoms with Crippen molar-refractivity contribution in [2.45, 2.75) is 31.0 Å². The standard InChI is InChI=1S/C25H23F3N4O4S/c26-25(27,28)18-9-5-4-8-17(18)24(36)32-12-10-16(11-13-32)23-29-19(14-37-23)21(34)30-31-22(35)20(33)15-6-2-1-3-7-15/h1-9,14,16,20,33H,10-13H2,(H,30,34)(H,31,35). The Morgan fingerprint density at radius 2 is 1.65 bits per heavy atom. The Morgan fingerprint density at radius 1 is 1.00 bits per heavy atom. The van der Waals surface area contributed by atoms with Gasteiger partial charge in [-0.15, -0.1) is 11.3 Å². The predicted molar refractivity (Wildman–Crippen MR) is 128 cm³/mol. The van der Waals surface area contributed by atoms with E-state index in [0.717, 1.165) is 6.07 Å². The number of nitrogens with zero attached hydrogens (tertiary/aromatic N) is 2. The molecule has 1 aromatic heterocycles. The quantitative estimate of drug-likeness (QED) is 0.434. The first-order chi connectivity index (χ1) is 17.6. The predicted octanol–water partition coefficient (Wildman–Crippen LogP) is 3.68. The van der Waals surface area contributed by atoms with Gasteiger partial charge in [0.25, 0.3) is 17.7 Å². The molecule has 0 saturated carbocycles. The van der Waals surface area contributed by atoms with Gasteiger partial charge in [-0.25, -0.2) is 4.98 Å². The van der Waals surface area contributed by atoms with Gasteiger partial charge in [-0.3, -0.25) is 25.2 Å². The van der Waals surface area contributed by atoms with E-state index >= 15 is 0 Å². The molecule has 1 aliphatic heterocycles. The third-order valence-electron chi connectivity index (χ3n) is 6.01. The maximum atomic E-state index is 13.3. The van der Waals surface area contributed by atoms with Crippen LogP contribution >= 0.6 is 11.3 Å². The Balaban J connectivity index is 1.31. The number of piperidine rings is 1. The van der Waals surface area contributed by atoms with Gasteiger partial charge in [-0.1, -0.05) is 42.5 Å². The van der Waals surface area contributed by atoms with E-state index in [1.165, 1.54) is 39.8 Å². The molecule has 0 spiro atoms. The van der Waals surface area contributed by atoms with Crippen molar-refractivity contribution < 1.29 is 32.7 Å². The molecule has 4 rings (SSSR count). The Morgan fingerprint density at radius 3 is 2.32 bits per heavy atom. The number of amides is 3. The van der Waals surface area contributed by atoms with E-state index in [4.69, 9.17) is 0 Å². The van der Waals surface area contributed by atoms with Gasteiger partial charge in [-0.2, -0.15) is 13.2 Å². The Hall–Kier alpha value is -3.77. The first kappa shape index (κ1) is 26.3. The number of hydrogen-bond acceptors (Lipinski definition) is 6. The van der Waals surface area contributed by atoms with Gasteiger partial charge < -0.3 is 10.0 Å². The normalized spacial score (nSPS) is 15.2. The van der Waals surface area contributed by atoms with E-state index < -0.39 is 35.6 Å². The zero-order chi connectivity index (χ0) is 26.6. The van der Waals surface area contributed by atoms with Crippen molar-refractivity contribution in [3.63, 3.8) is 0 Å². The molecule has 2 aromatic carbocycles. The number of likely N-dealkylation sites (tertiary alicyclic amines) is 1. The first-order valence-corrected chi connectivity index (χ1v) is 12.3. The maximum Gasteiger partial charge on any atom is 0.417 e. The van der Waals surface area contributed by atoms with Gasteiger partial charge >= 0.3 is 6.18 Å². The van der Waals surface area contributed by atoms with Gasteiger partial charge in [0.05, 0.1) is 16.1 Å². The van der Waals surface area contributed by atoms with Gasteiger partial charge in [-0.05, 0) is 30.5 Å². The molecule has 1 fully saturated rings. The van der Waals surface area contributed by atoms with Crippen LogP contribution < -0.4 is 10.9 Å². The number of halogens is 3. The zero-order valence-corrected chi connectivity index (χ0v) is 20.2. The lowest BCUT2D eigenvalue weighted by molar-refractivity contribution is -0.138. The maximum absolute atomic E-state index is 13.3. The summed E-state index contributed by atoms with van der Waals surface area (Å²) >= 11 is 1.25. The molecular formula is C25H23F3N4O4S. The molecule has 1 saturated heterocycles. The monoisotopic (exact) mass is 532 g/mol. The Kier molecular flexibility index (Phi) is 7.89. The van der Waals surface area contributed by atoms with Crippen LogP contribution in [-0.4, -0.2) is 45.8 Å². The van der Waals surface area contributed by atoms with E-state index in [1.807, 2.05) is 0 Å². The van der Waals surface area contributed by atoms with Crippen molar-refractivity contribution in [3.8, 4) is 0 Å². The van der Waals surface area contributed by atoms with E-state index in [0.29, 0.717) is 23.4 Å². The first-order valence-electron chi connectivity index (χ1n) is 11.4. The van der Waals surface area contributed by atoms with Crippen LogP contribution in [-0.2, 0) is 11.0 Å². The number of rotatable bonds is 5. The molecule has 3 aromatic rings. The van der Waals surface area contributed by atoms with Crippen molar-refractivity contribution in [3.05, 3.63) is 87.4 Å². The molecule has 194 valence electrons. The minimum absolute atomic E-state index is 0.0667. The summed E-state index contributed by atoms with van der Waals surface area (Å²) < 4.78 is 39.9. The van der Waals surface area contributed by atoms with Crippen LogP contribution in [0, 0.1) is 0 Å². The zero-order valence-electron chi connectivity index (χ0n) is 19.4. The lowest BCUT2D eigenvalue weighted by Gasteiger charge is -2.31. The lowest BCUT2D eigenvalue weighted by atomic mass is 9.96. The average molecular weight is 533 g/mol. The molecule has 2 heterocycles. The van der Waals surface area contributed by atoms with E-state index in [-0.39, 0.29) is 30.3 Å². The van der Waals surface area contributed by atoms with Crippen LogP contribution in [0.1, 0.15) is 61.8 Å².